The molecule has 0 bridgehead atoms. The molecule has 2 rings (SSSR count). The standard InChI is InChI=1S/C19H24N4O6/c1-4-19(3)16(26)23(18(28)22-19)11-13(24)29-14(12-9-7-6-8-10-12)15(25)21-17(27)20-5-2/h6-10,14H,4-5,11H2,1-3H3,(H,22,28)(H2,20,21,25,27)/t14-,19+/m0/s1. The number of amides is 6. The minimum Gasteiger partial charge on any atom is -0.446 e. The van der Waals surface area contributed by atoms with E-state index in [1.807, 2.05) is 0 Å². The number of nitrogens with one attached hydrogen (secondary N) is 3. The summed E-state index contributed by atoms with van der Waals surface area (Å²) in [6.45, 7) is 4.62. The summed E-state index contributed by atoms with van der Waals surface area (Å²) >= 11 is 0. The minimum absolute atomic E-state index is 0.303. The van der Waals surface area contributed by atoms with Gasteiger partial charge < -0.3 is 15.4 Å². The van der Waals surface area contributed by atoms with E-state index < -0.39 is 48.0 Å². The van der Waals surface area contributed by atoms with Crippen LogP contribution in [0.25, 0.3) is 0 Å². The van der Waals surface area contributed by atoms with Crippen LogP contribution in [0.3, 0.4) is 0 Å². The van der Waals surface area contributed by atoms with E-state index in [9.17, 15) is 24.0 Å². The lowest BCUT2D eigenvalue weighted by molar-refractivity contribution is -0.157. The Morgan fingerprint density at radius 2 is 1.83 bits per heavy atom. The molecule has 2 atom stereocenters. The Kier molecular flexibility index (Phi) is 6.92. The van der Waals surface area contributed by atoms with Gasteiger partial charge in [0.05, 0.1) is 0 Å². The summed E-state index contributed by atoms with van der Waals surface area (Å²) < 4.78 is 5.23. The monoisotopic (exact) mass is 404 g/mol. The van der Waals surface area contributed by atoms with Gasteiger partial charge in [0.1, 0.15) is 12.1 Å². The summed E-state index contributed by atoms with van der Waals surface area (Å²) in [7, 11) is 0. The molecule has 29 heavy (non-hydrogen) atoms. The average molecular weight is 404 g/mol. The zero-order valence-corrected chi connectivity index (χ0v) is 16.5. The van der Waals surface area contributed by atoms with Gasteiger partial charge >= 0.3 is 18.0 Å². The van der Waals surface area contributed by atoms with Crippen LogP contribution in [0.1, 0.15) is 38.9 Å². The molecule has 1 aromatic rings. The number of benzene rings is 1. The van der Waals surface area contributed by atoms with Crippen molar-refractivity contribution in [2.75, 3.05) is 13.1 Å². The van der Waals surface area contributed by atoms with E-state index in [0.29, 0.717) is 18.5 Å². The molecule has 0 unspecified atom stereocenters. The fourth-order valence-electron chi connectivity index (χ4n) is 2.71. The highest BCUT2D eigenvalue weighted by molar-refractivity contribution is 6.08. The van der Waals surface area contributed by atoms with Gasteiger partial charge in [0, 0.05) is 12.1 Å². The molecule has 1 aliphatic rings. The van der Waals surface area contributed by atoms with E-state index in [0.717, 1.165) is 4.90 Å². The van der Waals surface area contributed by atoms with E-state index in [1.54, 1.807) is 51.1 Å². The maximum absolute atomic E-state index is 12.5. The number of imide groups is 2. The van der Waals surface area contributed by atoms with Crippen LogP contribution < -0.4 is 16.0 Å². The Balaban J connectivity index is 2.13. The third kappa shape index (κ3) is 5.09. The minimum atomic E-state index is -1.43. The number of ether oxygens (including phenoxy) is 1. The fraction of sp³-hybridized carbons (Fsp3) is 0.421. The summed E-state index contributed by atoms with van der Waals surface area (Å²) in [6.07, 6.45) is -1.07. The van der Waals surface area contributed by atoms with Crippen LogP contribution in [0.15, 0.2) is 30.3 Å². The van der Waals surface area contributed by atoms with Crippen LogP contribution in [0.5, 0.6) is 0 Å². The number of carbonyl (C=O) groups excluding carboxylic acids is 5. The third-order valence-electron chi connectivity index (χ3n) is 4.50. The molecule has 1 saturated heterocycles. The number of nitrogens with zero attached hydrogens (tertiary/aromatic N) is 1. The number of hydrogen-bond acceptors (Lipinski definition) is 6. The van der Waals surface area contributed by atoms with Crippen LogP contribution in [0, 0.1) is 0 Å². The molecule has 0 aromatic heterocycles. The molecule has 0 radical (unpaired) electrons. The highest BCUT2D eigenvalue weighted by Gasteiger charge is 2.47. The molecule has 6 amide bonds. The lowest BCUT2D eigenvalue weighted by atomic mass is 9.99. The molecule has 1 fully saturated rings. The highest BCUT2D eigenvalue weighted by atomic mass is 16.5. The van der Waals surface area contributed by atoms with Gasteiger partial charge in [-0.25, -0.2) is 9.59 Å². The predicted octanol–water partition coefficient (Wildman–Crippen LogP) is 0.837. The number of carbonyl (C=O) groups is 5. The van der Waals surface area contributed by atoms with Crippen molar-refractivity contribution in [2.24, 2.45) is 0 Å². The second-order valence-electron chi connectivity index (χ2n) is 6.64. The van der Waals surface area contributed by atoms with Crippen LogP contribution in [-0.4, -0.2) is 53.4 Å². The summed E-state index contributed by atoms with van der Waals surface area (Å²) in [5.74, 6) is -2.37. The molecular formula is C19H24N4O6. The maximum atomic E-state index is 12.5. The normalized spacial score (nSPS) is 19.3. The van der Waals surface area contributed by atoms with Crippen LogP contribution in [0.4, 0.5) is 9.59 Å². The highest BCUT2D eigenvalue weighted by Crippen LogP contribution is 2.22. The summed E-state index contributed by atoms with van der Waals surface area (Å²) in [5, 5.41) is 7.03. The molecule has 0 saturated carbocycles. The Morgan fingerprint density at radius 1 is 1.17 bits per heavy atom. The van der Waals surface area contributed by atoms with Gasteiger partial charge in [0.15, 0.2) is 0 Å². The number of urea groups is 2. The van der Waals surface area contributed by atoms with E-state index in [-0.39, 0.29) is 0 Å². The van der Waals surface area contributed by atoms with Crippen LogP contribution in [-0.2, 0) is 19.1 Å². The first-order valence-electron chi connectivity index (χ1n) is 9.19. The van der Waals surface area contributed by atoms with E-state index in [4.69, 9.17) is 4.74 Å². The summed E-state index contributed by atoms with van der Waals surface area (Å²) in [4.78, 5) is 61.8. The van der Waals surface area contributed by atoms with Crippen molar-refractivity contribution >= 4 is 29.8 Å². The van der Waals surface area contributed by atoms with Crippen molar-refractivity contribution in [3.8, 4) is 0 Å². The van der Waals surface area contributed by atoms with E-state index in [1.165, 1.54) is 0 Å². The van der Waals surface area contributed by atoms with Crippen molar-refractivity contribution in [2.45, 2.75) is 38.8 Å². The molecular weight excluding hydrogens is 380 g/mol. The topological polar surface area (TPSA) is 134 Å². The molecule has 1 aromatic carbocycles. The van der Waals surface area contributed by atoms with Gasteiger partial charge in [-0.1, -0.05) is 37.3 Å². The molecule has 156 valence electrons. The Hall–Kier alpha value is -3.43. The van der Waals surface area contributed by atoms with Crippen LogP contribution in [0.2, 0.25) is 0 Å². The second kappa shape index (κ2) is 9.18. The molecule has 1 aliphatic heterocycles. The SMILES string of the molecule is CCNC(=O)NC(=O)[C@@H](OC(=O)CN1C(=O)N[C@](C)(CC)C1=O)c1ccccc1. The first-order chi connectivity index (χ1) is 13.7. The first kappa shape index (κ1) is 21.9. The Bertz CT molecular complexity index is 812. The lowest BCUT2D eigenvalue weighted by Crippen LogP contribution is -2.44. The van der Waals surface area contributed by atoms with Crippen LogP contribution >= 0.6 is 0 Å². The molecule has 3 N–H and O–H groups in total. The fourth-order valence-corrected chi connectivity index (χ4v) is 2.71. The maximum Gasteiger partial charge on any atom is 0.327 e. The molecule has 10 nitrogen and oxygen atoms in total. The first-order valence-corrected chi connectivity index (χ1v) is 9.19. The number of hydrogen-bond donors (Lipinski definition) is 3. The van der Waals surface area contributed by atoms with Crippen molar-refractivity contribution in [1.29, 1.82) is 0 Å². The predicted molar refractivity (Wildman–Crippen MR) is 101 cm³/mol. The molecule has 0 spiro atoms. The van der Waals surface area contributed by atoms with Crippen molar-refractivity contribution in [1.82, 2.24) is 20.9 Å². The van der Waals surface area contributed by atoms with Gasteiger partial charge in [0.2, 0.25) is 6.10 Å². The number of esters is 1. The number of rotatable bonds is 7. The van der Waals surface area contributed by atoms with E-state index >= 15 is 0 Å². The second-order valence-corrected chi connectivity index (χ2v) is 6.64. The smallest absolute Gasteiger partial charge is 0.327 e. The van der Waals surface area contributed by atoms with E-state index in [2.05, 4.69) is 16.0 Å². The summed E-state index contributed by atoms with van der Waals surface area (Å²) in [6, 6.07) is 6.65. The largest absolute Gasteiger partial charge is 0.446 e. The third-order valence-corrected chi connectivity index (χ3v) is 4.50. The zero-order chi connectivity index (χ0) is 21.6. The lowest BCUT2D eigenvalue weighted by Gasteiger charge is -2.20. The van der Waals surface area contributed by atoms with Gasteiger partial charge in [-0.15, -0.1) is 0 Å². The van der Waals surface area contributed by atoms with Gasteiger partial charge in [0.25, 0.3) is 11.8 Å². The average Bonchev–Trinajstić information content (AvgIpc) is 2.90. The molecule has 1 heterocycles. The molecule has 10 heteroatoms. The summed E-state index contributed by atoms with van der Waals surface area (Å²) in [5.41, 5.74) is -0.760. The van der Waals surface area contributed by atoms with Crippen molar-refractivity contribution in [3.05, 3.63) is 35.9 Å². The Labute approximate surface area is 168 Å². The van der Waals surface area contributed by atoms with Gasteiger partial charge in [-0.05, 0) is 20.3 Å². The van der Waals surface area contributed by atoms with Crippen molar-refractivity contribution < 1.29 is 28.7 Å². The van der Waals surface area contributed by atoms with Gasteiger partial charge in [-0.3, -0.25) is 24.6 Å². The van der Waals surface area contributed by atoms with Gasteiger partial charge in [-0.2, -0.15) is 0 Å². The molecule has 0 aliphatic carbocycles. The quantitative estimate of drug-likeness (QED) is 0.455. The Morgan fingerprint density at radius 3 is 2.38 bits per heavy atom. The van der Waals surface area contributed by atoms with Crippen molar-refractivity contribution in [3.63, 3.8) is 0 Å². The zero-order valence-electron chi connectivity index (χ0n) is 16.5.